The number of para-hydroxylation sites is 3. The van der Waals surface area contributed by atoms with Crippen molar-refractivity contribution in [2.24, 2.45) is 0 Å². The van der Waals surface area contributed by atoms with E-state index in [-0.39, 0.29) is 11.8 Å². The molecule has 5 heteroatoms. The summed E-state index contributed by atoms with van der Waals surface area (Å²) < 4.78 is 7.78. The lowest BCUT2D eigenvalue weighted by molar-refractivity contribution is -0.117. The zero-order valence-corrected chi connectivity index (χ0v) is 15.0. The van der Waals surface area contributed by atoms with E-state index in [0.717, 1.165) is 29.1 Å². The van der Waals surface area contributed by atoms with E-state index in [1.807, 2.05) is 60.4 Å². The van der Waals surface area contributed by atoms with Gasteiger partial charge in [0.25, 0.3) is 0 Å². The number of imidazole rings is 1. The Labute approximate surface area is 153 Å². The maximum atomic E-state index is 12.6. The molecular weight excluding hydrogens is 326 g/mol. The van der Waals surface area contributed by atoms with Crippen molar-refractivity contribution < 1.29 is 9.53 Å². The fourth-order valence-electron chi connectivity index (χ4n) is 3.68. The molecule has 0 N–H and O–H groups in total. The molecule has 1 amide bonds. The number of aromatic nitrogens is 2. The van der Waals surface area contributed by atoms with Gasteiger partial charge in [-0.3, -0.25) is 4.79 Å². The zero-order valence-electron chi connectivity index (χ0n) is 15.0. The largest absolute Gasteiger partial charge is 0.380 e. The number of hydrogen-bond donors (Lipinski definition) is 0. The minimum absolute atomic E-state index is 0.0942. The summed E-state index contributed by atoms with van der Waals surface area (Å²) in [5, 5.41) is 0. The lowest BCUT2D eigenvalue weighted by Crippen LogP contribution is -2.24. The van der Waals surface area contributed by atoms with Crippen molar-refractivity contribution in [3.8, 4) is 0 Å². The second kappa shape index (κ2) is 7.30. The smallest absolute Gasteiger partial charge is 0.227 e. The molecule has 5 nitrogen and oxygen atoms in total. The van der Waals surface area contributed by atoms with Gasteiger partial charge in [-0.2, -0.15) is 0 Å². The number of carbonyl (C=O) groups is 1. The monoisotopic (exact) mass is 349 g/mol. The first-order valence-electron chi connectivity index (χ1n) is 9.16. The summed E-state index contributed by atoms with van der Waals surface area (Å²) in [5.74, 6) is 1.24. The molecule has 134 valence electrons. The highest BCUT2D eigenvalue weighted by atomic mass is 16.5. The highest BCUT2D eigenvalue weighted by molar-refractivity contribution is 5.96. The molecule has 1 fully saturated rings. The number of fused-ring (bicyclic) bond motifs is 1. The van der Waals surface area contributed by atoms with Crippen LogP contribution in [0.15, 0.2) is 54.6 Å². The van der Waals surface area contributed by atoms with Crippen LogP contribution in [0.4, 0.5) is 5.69 Å². The lowest BCUT2D eigenvalue weighted by Gasteiger charge is -2.17. The Hall–Kier alpha value is -2.66. The van der Waals surface area contributed by atoms with Gasteiger partial charge in [0.15, 0.2) is 0 Å². The molecule has 0 aliphatic carbocycles. The number of benzene rings is 2. The quantitative estimate of drug-likeness (QED) is 0.639. The van der Waals surface area contributed by atoms with Crippen LogP contribution in [0, 0.1) is 0 Å². The first-order chi connectivity index (χ1) is 12.8. The Balaban J connectivity index is 1.66. The second-order valence-electron chi connectivity index (χ2n) is 6.55. The molecular formula is C21H23N3O2. The maximum Gasteiger partial charge on any atom is 0.227 e. The van der Waals surface area contributed by atoms with Crippen LogP contribution in [0.1, 0.15) is 25.1 Å². The molecule has 1 aliphatic heterocycles. The summed E-state index contributed by atoms with van der Waals surface area (Å²) in [6, 6.07) is 18.0. The number of rotatable bonds is 6. The van der Waals surface area contributed by atoms with Gasteiger partial charge in [0.2, 0.25) is 5.91 Å². The molecule has 0 bridgehead atoms. The first-order valence-corrected chi connectivity index (χ1v) is 9.16. The third-order valence-electron chi connectivity index (χ3n) is 4.91. The summed E-state index contributed by atoms with van der Waals surface area (Å²) in [4.78, 5) is 19.3. The van der Waals surface area contributed by atoms with Crippen molar-refractivity contribution in [1.82, 2.24) is 9.55 Å². The van der Waals surface area contributed by atoms with Crippen LogP contribution < -0.4 is 4.90 Å². The van der Waals surface area contributed by atoms with E-state index in [0.29, 0.717) is 26.2 Å². The van der Waals surface area contributed by atoms with Gasteiger partial charge in [0.1, 0.15) is 5.82 Å². The topological polar surface area (TPSA) is 47.4 Å². The molecule has 0 radical (unpaired) electrons. The molecule has 1 unspecified atom stereocenters. The Bertz CT molecular complexity index is 904. The summed E-state index contributed by atoms with van der Waals surface area (Å²) in [6.45, 7) is 4.76. The third kappa shape index (κ3) is 3.10. The van der Waals surface area contributed by atoms with Gasteiger partial charge < -0.3 is 14.2 Å². The van der Waals surface area contributed by atoms with Gasteiger partial charge in [0, 0.05) is 37.7 Å². The predicted molar refractivity (Wildman–Crippen MR) is 102 cm³/mol. The number of carbonyl (C=O) groups excluding carboxylic acids is 1. The SMILES string of the molecule is CCOCCn1c(C2CC(=O)N(c3ccccc3)C2)nc2ccccc21. The Morgan fingerprint density at radius 3 is 2.69 bits per heavy atom. The summed E-state index contributed by atoms with van der Waals surface area (Å²) >= 11 is 0. The molecule has 2 heterocycles. The maximum absolute atomic E-state index is 12.6. The van der Waals surface area contributed by atoms with Gasteiger partial charge in [0.05, 0.1) is 17.6 Å². The molecule has 3 aromatic rings. The van der Waals surface area contributed by atoms with Gasteiger partial charge in [-0.05, 0) is 31.2 Å². The van der Waals surface area contributed by atoms with Crippen LogP contribution >= 0.6 is 0 Å². The molecule has 1 aromatic heterocycles. The Morgan fingerprint density at radius 2 is 1.88 bits per heavy atom. The molecule has 26 heavy (non-hydrogen) atoms. The average molecular weight is 349 g/mol. The molecule has 2 aromatic carbocycles. The third-order valence-corrected chi connectivity index (χ3v) is 4.91. The summed E-state index contributed by atoms with van der Waals surface area (Å²) in [7, 11) is 0. The number of ether oxygens (including phenoxy) is 1. The van der Waals surface area contributed by atoms with Gasteiger partial charge in [-0.15, -0.1) is 0 Å². The van der Waals surface area contributed by atoms with Gasteiger partial charge >= 0.3 is 0 Å². The van der Waals surface area contributed by atoms with Crippen molar-refractivity contribution in [2.75, 3.05) is 24.7 Å². The molecule has 1 aliphatic rings. The van der Waals surface area contributed by atoms with Crippen molar-refractivity contribution in [3.63, 3.8) is 0 Å². The minimum atomic E-state index is 0.0942. The number of nitrogens with zero attached hydrogens (tertiary/aromatic N) is 3. The van der Waals surface area contributed by atoms with E-state index in [1.165, 1.54) is 0 Å². The first kappa shape index (κ1) is 16.8. The van der Waals surface area contributed by atoms with Gasteiger partial charge in [-0.1, -0.05) is 30.3 Å². The molecule has 1 saturated heterocycles. The normalized spacial score (nSPS) is 17.3. The van der Waals surface area contributed by atoms with E-state index in [4.69, 9.17) is 9.72 Å². The molecule has 0 saturated carbocycles. The number of amides is 1. The van der Waals surface area contributed by atoms with Gasteiger partial charge in [-0.25, -0.2) is 4.98 Å². The minimum Gasteiger partial charge on any atom is -0.380 e. The zero-order chi connectivity index (χ0) is 17.9. The van der Waals surface area contributed by atoms with Crippen LogP contribution in [0.5, 0.6) is 0 Å². The van der Waals surface area contributed by atoms with Crippen LogP contribution in [-0.4, -0.2) is 35.2 Å². The molecule has 1 atom stereocenters. The lowest BCUT2D eigenvalue weighted by atomic mass is 10.1. The van der Waals surface area contributed by atoms with Crippen molar-refractivity contribution in [1.29, 1.82) is 0 Å². The highest BCUT2D eigenvalue weighted by Crippen LogP contribution is 2.33. The number of anilines is 1. The van der Waals surface area contributed by atoms with E-state index >= 15 is 0 Å². The van der Waals surface area contributed by atoms with E-state index in [9.17, 15) is 4.79 Å². The summed E-state index contributed by atoms with van der Waals surface area (Å²) in [6.07, 6.45) is 0.493. The van der Waals surface area contributed by atoms with Crippen LogP contribution in [0.25, 0.3) is 11.0 Å². The average Bonchev–Trinajstić information content (AvgIpc) is 3.23. The van der Waals surface area contributed by atoms with Crippen molar-refractivity contribution in [2.45, 2.75) is 25.8 Å². The van der Waals surface area contributed by atoms with E-state index in [1.54, 1.807) is 0 Å². The van der Waals surface area contributed by atoms with Crippen LogP contribution in [0.3, 0.4) is 0 Å². The predicted octanol–water partition coefficient (Wildman–Crippen LogP) is 3.59. The van der Waals surface area contributed by atoms with E-state index < -0.39 is 0 Å². The summed E-state index contributed by atoms with van der Waals surface area (Å²) in [5.41, 5.74) is 3.04. The fourth-order valence-corrected chi connectivity index (χ4v) is 3.68. The van der Waals surface area contributed by atoms with Crippen molar-refractivity contribution >= 4 is 22.6 Å². The second-order valence-corrected chi connectivity index (χ2v) is 6.55. The fraction of sp³-hybridized carbons (Fsp3) is 0.333. The molecule has 4 rings (SSSR count). The standard InChI is InChI=1S/C21H23N3O2/c1-2-26-13-12-23-19-11-7-6-10-18(19)22-21(23)16-14-20(25)24(15-16)17-8-4-3-5-9-17/h3-11,16H,2,12-15H2,1H3. The van der Waals surface area contributed by atoms with Crippen LogP contribution in [-0.2, 0) is 16.1 Å². The molecule has 0 spiro atoms. The number of hydrogen-bond acceptors (Lipinski definition) is 3. The highest BCUT2D eigenvalue weighted by Gasteiger charge is 2.34. The Kier molecular flexibility index (Phi) is 4.71. The van der Waals surface area contributed by atoms with E-state index in [2.05, 4.69) is 10.6 Å². The van der Waals surface area contributed by atoms with Crippen LogP contribution in [0.2, 0.25) is 0 Å². The Morgan fingerprint density at radius 1 is 1.12 bits per heavy atom. The van der Waals surface area contributed by atoms with Crippen molar-refractivity contribution in [3.05, 3.63) is 60.4 Å².